The number of aromatic nitrogens is 1. The van der Waals surface area contributed by atoms with Gasteiger partial charge in [-0.2, -0.15) is 0 Å². The molecule has 0 bridgehead atoms. The molecule has 3 aromatic carbocycles. The van der Waals surface area contributed by atoms with Crippen LogP contribution < -0.4 is 20.7 Å². The number of ether oxygens (including phenoxy) is 1. The average molecular weight is 587 g/mol. The second-order valence-electron chi connectivity index (χ2n) is 8.70. The number of carbonyl (C=O) groups excluding carboxylic acids is 3. The number of amides is 3. The molecule has 8 nitrogen and oxygen atoms in total. The maximum atomic E-state index is 13.4. The third kappa shape index (κ3) is 8.79. The molecule has 4 rings (SSSR count). The molecule has 0 saturated carbocycles. The zero-order valence-electron chi connectivity index (χ0n) is 22.6. The monoisotopic (exact) mass is 586 g/mol. The van der Waals surface area contributed by atoms with E-state index in [1.165, 1.54) is 23.1 Å². The summed E-state index contributed by atoms with van der Waals surface area (Å²) in [7, 11) is 0. The Bertz CT molecular complexity index is 1490. The molecule has 10 heteroatoms. The van der Waals surface area contributed by atoms with Gasteiger partial charge in [-0.15, -0.1) is 23.1 Å². The van der Waals surface area contributed by atoms with Crippen LogP contribution in [0.5, 0.6) is 5.75 Å². The lowest BCUT2D eigenvalue weighted by atomic mass is 10.1. The fourth-order valence-electron chi connectivity index (χ4n) is 3.74. The topological polar surface area (TPSA) is 109 Å². The van der Waals surface area contributed by atoms with Gasteiger partial charge in [-0.1, -0.05) is 43.3 Å². The highest BCUT2D eigenvalue weighted by atomic mass is 32.2. The van der Waals surface area contributed by atoms with Crippen LogP contribution in [0.2, 0.25) is 0 Å². The number of thioether (sulfide) groups is 1. The summed E-state index contributed by atoms with van der Waals surface area (Å²) in [6, 6.07) is 23.2. The predicted molar refractivity (Wildman–Crippen MR) is 165 cm³/mol. The van der Waals surface area contributed by atoms with E-state index in [1.807, 2.05) is 44.2 Å². The second-order valence-corrected chi connectivity index (χ2v) is 10.9. The van der Waals surface area contributed by atoms with E-state index in [0.717, 1.165) is 4.90 Å². The molecule has 1 unspecified atom stereocenters. The molecule has 3 N–H and O–H groups in total. The largest absolute Gasteiger partial charge is 0.494 e. The van der Waals surface area contributed by atoms with Gasteiger partial charge >= 0.3 is 0 Å². The van der Waals surface area contributed by atoms with Gasteiger partial charge in [-0.3, -0.25) is 14.4 Å². The van der Waals surface area contributed by atoms with Crippen LogP contribution in [0.15, 0.2) is 101 Å². The number of benzene rings is 3. The second kappa shape index (κ2) is 14.8. The van der Waals surface area contributed by atoms with E-state index in [2.05, 4.69) is 20.9 Å². The quantitative estimate of drug-likeness (QED) is 0.130. The zero-order chi connectivity index (χ0) is 29.0. The molecule has 1 aromatic heterocycles. The SMILES string of the molecule is CCOc1ccc(/C=C(/NC(=O)c2ccccc2)C(=O)Nc2cccc(SC(CC)C(=O)Nc3nccs3)c2)cc1. The van der Waals surface area contributed by atoms with E-state index in [-0.39, 0.29) is 16.9 Å². The third-order valence-corrected chi connectivity index (χ3v) is 7.77. The molecule has 1 heterocycles. The number of thiazole rings is 1. The van der Waals surface area contributed by atoms with E-state index >= 15 is 0 Å². The molecule has 0 aliphatic carbocycles. The lowest BCUT2D eigenvalue weighted by Gasteiger charge is -2.15. The van der Waals surface area contributed by atoms with Crippen LogP contribution in [0.4, 0.5) is 10.8 Å². The summed E-state index contributed by atoms with van der Waals surface area (Å²) in [6.45, 7) is 4.39. The highest BCUT2D eigenvalue weighted by molar-refractivity contribution is 8.00. The van der Waals surface area contributed by atoms with Crippen LogP contribution in [-0.2, 0) is 9.59 Å². The first-order valence-corrected chi connectivity index (χ1v) is 14.8. The Morgan fingerprint density at radius 3 is 2.44 bits per heavy atom. The normalized spacial score (nSPS) is 11.8. The Balaban J connectivity index is 1.51. The van der Waals surface area contributed by atoms with Crippen molar-refractivity contribution in [2.75, 3.05) is 17.2 Å². The zero-order valence-corrected chi connectivity index (χ0v) is 24.3. The van der Waals surface area contributed by atoms with Crippen molar-refractivity contribution in [1.82, 2.24) is 10.3 Å². The van der Waals surface area contributed by atoms with Crippen molar-refractivity contribution in [3.8, 4) is 5.75 Å². The Hall–Kier alpha value is -4.41. The highest BCUT2D eigenvalue weighted by Gasteiger charge is 2.20. The lowest BCUT2D eigenvalue weighted by Crippen LogP contribution is -2.30. The maximum Gasteiger partial charge on any atom is 0.272 e. The van der Waals surface area contributed by atoms with Gasteiger partial charge in [0, 0.05) is 27.7 Å². The number of rotatable bonds is 12. The maximum absolute atomic E-state index is 13.4. The van der Waals surface area contributed by atoms with E-state index in [4.69, 9.17) is 4.74 Å². The molecule has 0 radical (unpaired) electrons. The molecular weight excluding hydrogens is 556 g/mol. The van der Waals surface area contributed by atoms with Crippen LogP contribution >= 0.6 is 23.1 Å². The average Bonchev–Trinajstić information content (AvgIpc) is 3.50. The van der Waals surface area contributed by atoms with Gasteiger partial charge in [0.05, 0.1) is 11.9 Å². The molecule has 0 fully saturated rings. The Morgan fingerprint density at radius 2 is 1.76 bits per heavy atom. The summed E-state index contributed by atoms with van der Waals surface area (Å²) < 4.78 is 5.50. The Morgan fingerprint density at radius 1 is 0.976 bits per heavy atom. The van der Waals surface area contributed by atoms with Crippen molar-refractivity contribution < 1.29 is 19.1 Å². The summed E-state index contributed by atoms with van der Waals surface area (Å²) in [6.07, 6.45) is 3.86. The minimum absolute atomic E-state index is 0.0790. The van der Waals surface area contributed by atoms with Gasteiger partial charge in [-0.25, -0.2) is 4.98 Å². The van der Waals surface area contributed by atoms with Gasteiger partial charge in [0.2, 0.25) is 5.91 Å². The van der Waals surface area contributed by atoms with Gasteiger partial charge in [-0.05, 0) is 67.4 Å². The summed E-state index contributed by atoms with van der Waals surface area (Å²) >= 11 is 2.76. The summed E-state index contributed by atoms with van der Waals surface area (Å²) in [5.74, 6) is -0.312. The van der Waals surface area contributed by atoms with E-state index in [1.54, 1.807) is 66.2 Å². The van der Waals surface area contributed by atoms with Gasteiger partial charge in [0.15, 0.2) is 5.13 Å². The smallest absolute Gasteiger partial charge is 0.272 e. The number of carbonyl (C=O) groups is 3. The lowest BCUT2D eigenvalue weighted by molar-refractivity contribution is -0.116. The highest BCUT2D eigenvalue weighted by Crippen LogP contribution is 2.29. The Kier molecular flexibility index (Phi) is 10.7. The minimum atomic E-state index is -0.487. The van der Waals surface area contributed by atoms with Crippen molar-refractivity contribution >= 4 is 57.7 Å². The summed E-state index contributed by atoms with van der Waals surface area (Å²) in [4.78, 5) is 44.1. The van der Waals surface area contributed by atoms with Gasteiger partial charge in [0.1, 0.15) is 11.4 Å². The van der Waals surface area contributed by atoms with Crippen molar-refractivity contribution in [1.29, 1.82) is 0 Å². The molecule has 0 aliphatic heterocycles. The number of anilines is 2. The molecule has 0 spiro atoms. The number of nitrogens with one attached hydrogen (secondary N) is 3. The molecule has 210 valence electrons. The molecule has 41 heavy (non-hydrogen) atoms. The first-order chi connectivity index (χ1) is 19.9. The predicted octanol–water partition coefficient (Wildman–Crippen LogP) is 6.46. The fraction of sp³-hybridized carbons (Fsp3) is 0.161. The molecule has 0 saturated heterocycles. The number of nitrogens with zero attached hydrogens (tertiary/aromatic N) is 1. The molecule has 3 amide bonds. The van der Waals surface area contributed by atoms with Crippen LogP contribution in [0, 0.1) is 0 Å². The number of hydrogen-bond donors (Lipinski definition) is 3. The fourth-order valence-corrected chi connectivity index (χ4v) is 5.28. The van der Waals surface area contributed by atoms with Crippen LogP contribution in [0.1, 0.15) is 36.2 Å². The molecular formula is C31H30N4O4S2. The van der Waals surface area contributed by atoms with Crippen molar-refractivity contribution in [2.45, 2.75) is 30.4 Å². The van der Waals surface area contributed by atoms with E-state index < -0.39 is 11.8 Å². The van der Waals surface area contributed by atoms with Gasteiger partial charge in [0.25, 0.3) is 11.8 Å². The molecule has 4 aromatic rings. The third-order valence-electron chi connectivity index (χ3n) is 5.73. The Labute approximate surface area is 247 Å². The van der Waals surface area contributed by atoms with Crippen LogP contribution in [0.3, 0.4) is 0 Å². The van der Waals surface area contributed by atoms with Crippen molar-refractivity contribution in [3.05, 3.63) is 107 Å². The first-order valence-electron chi connectivity index (χ1n) is 13.0. The number of hydrogen-bond acceptors (Lipinski definition) is 7. The first kappa shape index (κ1) is 29.6. The molecule has 1 atom stereocenters. The molecule has 0 aliphatic rings. The van der Waals surface area contributed by atoms with Crippen LogP contribution in [0.25, 0.3) is 6.08 Å². The summed E-state index contributed by atoms with van der Waals surface area (Å²) in [5, 5.41) is 10.5. The van der Waals surface area contributed by atoms with Gasteiger partial charge < -0.3 is 20.7 Å². The van der Waals surface area contributed by atoms with E-state index in [0.29, 0.717) is 40.7 Å². The summed E-state index contributed by atoms with van der Waals surface area (Å²) in [5.41, 5.74) is 1.75. The van der Waals surface area contributed by atoms with Crippen molar-refractivity contribution in [3.63, 3.8) is 0 Å². The van der Waals surface area contributed by atoms with Crippen LogP contribution in [-0.4, -0.2) is 34.6 Å². The standard InChI is InChI=1S/C31H30N4O4S2/c1-3-27(30(38)35-31-32-17-18-40-31)41-25-12-8-11-23(20-25)33-29(37)26(34-28(36)22-9-6-5-7-10-22)19-21-13-15-24(16-14-21)39-4-2/h5-20,27H,3-4H2,1-2H3,(H,33,37)(H,34,36)(H,32,35,38)/b26-19+. The van der Waals surface area contributed by atoms with Crippen molar-refractivity contribution in [2.24, 2.45) is 0 Å². The minimum Gasteiger partial charge on any atom is -0.494 e. The van der Waals surface area contributed by atoms with E-state index in [9.17, 15) is 14.4 Å².